The van der Waals surface area contributed by atoms with E-state index in [1.54, 1.807) is 29.5 Å². The summed E-state index contributed by atoms with van der Waals surface area (Å²) in [5.74, 6) is 0.485. The lowest BCUT2D eigenvalue weighted by molar-refractivity contribution is 0.101. The highest BCUT2D eigenvalue weighted by atomic mass is 32.1. The molecule has 1 fully saturated rings. The van der Waals surface area contributed by atoms with Crippen LogP contribution in [-0.4, -0.2) is 55.4 Å². The van der Waals surface area contributed by atoms with Crippen molar-refractivity contribution in [1.82, 2.24) is 10.3 Å². The predicted molar refractivity (Wildman–Crippen MR) is 136 cm³/mol. The van der Waals surface area contributed by atoms with E-state index in [9.17, 15) is 18.7 Å². The summed E-state index contributed by atoms with van der Waals surface area (Å²) < 4.78 is 35.0. The first-order valence-corrected chi connectivity index (χ1v) is 12.2. The molecular weight excluding hydrogens is 486 g/mol. The lowest BCUT2D eigenvalue weighted by Crippen LogP contribution is -2.53. The summed E-state index contributed by atoms with van der Waals surface area (Å²) in [5, 5.41) is 17.1. The van der Waals surface area contributed by atoms with Crippen molar-refractivity contribution in [1.29, 1.82) is 0 Å². The van der Waals surface area contributed by atoms with Gasteiger partial charge >= 0.3 is 0 Å². The van der Waals surface area contributed by atoms with Gasteiger partial charge < -0.3 is 20.1 Å². The number of methoxy groups -OCH3 is 1. The summed E-state index contributed by atoms with van der Waals surface area (Å²) in [7, 11) is 1.57. The number of ether oxygens (including phenoxy) is 1. The Kier molecular flexibility index (Phi) is 7.54. The molecule has 3 N–H and O–H groups in total. The van der Waals surface area contributed by atoms with E-state index in [2.05, 4.69) is 21.5 Å². The first-order valence-electron chi connectivity index (χ1n) is 11.3. The lowest BCUT2D eigenvalue weighted by Gasteiger charge is -2.37. The van der Waals surface area contributed by atoms with Gasteiger partial charge in [-0.05, 0) is 36.8 Å². The Morgan fingerprint density at radius 3 is 2.67 bits per heavy atom. The summed E-state index contributed by atoms with van der Waals surface area (Å²) in [6.45, 7) is 3.23. The van der Waals surface area contributed by atoms with Crippen molar-refractivity contribution in [3.05, 3.63) is 70.2 Å². The van der Waals surface area contributed by atoms with E-state index < -0.39 is 28.5 Å². The smallest absolute Gasteiger partial charge is 0.263 e. The van der Waals surface area contributed by atoms with Gasteiger partial charge in [-0.25, -0.2) is 13.8 Å². The number of hydrogen-bond donors (Lipinski definition) is 3. The van der Waals surface area contributed by atoms with Gasteiger partial charge in [0.15, 0.2) is 5.13 Å². The maximum Gasteiger partial charge on any atom is 0.263 e. The summed E-state index contributed by atoms with van der Waals surface area (Å²) in [6.07, 6.45) is 5.85. The fourth-order valence-electron chi connectivity index (χ4n) is 4.16. The quantitative estimate of drug-likeness (QED) is 0.421. The van der Waals surface area contributed by atoms with Crippen molar-refractivity contribution in [3.8, 4) is 18.1 Å². The third-order valence-electron chi connectivity index (χ3n) is 6.34. The Balaban J connectivity index is 1.55. The number of anilines is 2. The number of halogens is 2. The zero-order chi connectivity index (χ0) is 25.9. The number of rotatable bonds is 7. The van der Waals surface area contributed by atoms with E-state index in [1.807, 2.05) is 19.1 Å². The van der Waals surface area contributed by atoms with Crippen molar-refractivity contribution in [2.45, 2.75) is 18.4 Å². The maximum absolute atomic E-state index is 14.9. The Labute approximate surface area is 212 Å². The van der Waals surface area contributed by atoms with Gasteiger partial charge in [0.25, 0.3) is 5.91 Å². The van der Waals surface area contributed by atoms with Gasteiger partial charge in [0.2, 0.25) is 0 Å². The fourth-order valence-corrected chi connectivity index (χ4v) is 4.97. The van der Waals surface area contributed by atoms with Crippen LogP contribution in [0.2, 0.25) is 0 Å². The largest absolute Gasteiger partial charge is 0.497 e. The molecule has 1 saturated heterocycles. The molecule has 3 aromatic rings. The third-order valence-corrected chi connectivity index (χ3v) is 7.10. The molecule has 2 heterocycles. The Hall–Kier alpha value is -3.52. The summed E-state index contributed by atoms with van der Waals surface area (Å²) in [5.41, 5.74) is -0.0172. The second kappa shape index (κ2) is 10.6. The lowest BCUT2D eigenvalue weighted by atomic mass is 9.81. The van der Waals surface area contributed by atoms with Crippen molar-refractivity contribution >= 4 is 28.1 Å². The number of amides is 1. The molecule has 1 aliphatic rings. The Morgan fingerprint density at radius 2 is 2.06 bits per heavy atom. The minimum Gasteiger partial charge on any atom is -0.497 e. The topological polar surface area (TPSA) is 86.7 Å². The number of carbonyl (C=O) groups excluding carboxylic acids is 1. The van der Waals surface area contributed by atoms with E-state index in [0.29, 0.717) is 31.1 Å². The predicted octanol–water partition coefficient (Wildman–Crippen LogP) is 3.39. The van der Waals surface area contributed by atoms with Crippen LogP contribution in [-0.2, 0) is 5.41 Å². The van der Waals surface area contributed by atoms with Crippen LogP contribution < -0.4 is 20.3 Å². The van der Waals surface area contributed by atoms with Gasteiger partial charge in [-0.15, -0.1) is 17.8 Å². The van der Waals surface area contributed by atoms with E-state index in [1.165, 1.54) is 0 Å². The van der Waals surface area contributed by atoms with Crippen LogP contribution in [0.1, 0.15) is 28.5 Å². The van der Waals surface area contributed by atoms with Gasteiger partial charge in [0.05, 0.1) is 30.9 Å². The zero-order valence-electron chi connectivity index (χ0n) is 19.8. The first-order chi connectivity index (χ1) is 17.3. The van der Waals surface area contributed by atoms with Gasteiger partial charge in [-0.3, -0.25) is 10.1 Å². The van der Waals surface area contributed by atoms with Crippen LogP contribution in [0.15, 0.2) is 41.8 Å². The van der Waals surface area contributed by atoms with Crippen LogP contribution in [0.4, 0.5) is 19.6 Å². The highest BCUT2D eigenvalue weighted by Gasteiger charge is 2.31. The van der Waals surface area contributed by atoms with E-state index >= 15 is 0 Å². The number of nitrogens with one attached hydrogen (secondary N) is 2. The van der Waals surface area contributed by atoms with Gasteiger partial charge in [0.1, 0.15) is 22.9 Å². The second-order valence-electron chi connectivity index (χ2n) is 8.51. The van der Waals surface area contributed by atoms with Crippen LogP contribution in [0.25, 0.3) is 0 Å². The number of thiazole rings is 1. The van der Waals surface area contributed by atoms with Crippen LogP contribution >= 0.6 is 11.3 Å². The number of aliphatic hydroxyl groups is 1. The molecule has 10 heteroatoms. The SMILES string of the molecule is C#CC(C)(c1ccc(OC)cc1)c1csc(NC(=O)c2c(F)cc(N3CCNCC3CO)cc2F)n1. The van der Waals surface area contributed by atoms with Crippen molar-refractivity contribution in [3.63, 3.8) is 0 Å². The highest BCUT2D eigenvalue weighted by Crippen LogP contribution is 2.34. The Bertz CT molecular complexity index is 1270. The highest BCUT2D eigenvalue weighted by molar-refractivity contribution is 7.14. The zero-order valence-corrected chi connectivity index (χ0v) is 20.7. The van der Waals surface area contributed by atoms with Crippen LogP contribution in [0.5, 0.6) is 5.75 Å². The van der Waals surface area contributed by atoms with E-state index in [0.717, 1.165) is 29.0 Å². The number of terminal acetylenes is 1. The summed E-state index contributed by atoms with van der Waals surface area (Å²) >= 11 is 1.11. The molecule has 2 aromatic carbocycles. The fraction of sp³-hybridized carbons (Fsp3) is 0.308. The monoisotopic (exact) mass is 512 g/mol. The van der Waals surface area contributed by atoms with Crippen molar-refractivity contribution in [2.24, 2.45) is 0 Å². The standard InChI is InChI=1S/C26H26F2N4O3S/c1-4-26(2,16-5-7-19(35-3)8-6-16)22-15-36-25(30-22)31-24(34)23-20(27)11-17(12-21(23)28)32-10-9-29-13-18(32)14-33/h1,5-8,11-12,15,18,29,33H,9-10,13-14H2,2-3H3,(H,30,31,34). The molecule has 0 spiro atoms. The average molecular weight is 513 g/mol. The molecule has 0 aliphatic carbocycles. The van der Waals surface area contributed by atoms with Crippen LogP contribution in [0, 0.1) is 24.0 Å². The van der Waals surface area contributed by atoms with Crippen LogP contribution in [0.3, 0.4) is 0 Å². The number of piperazine rings is 1. The molecule has 188 valence electrons. The molecule has 1 amide bonds. The molecule has 0 radical (unpaired) electrons. The molecule has 1 aromatic heterocycles. The number of aliphatic hydroxyl groups excluding tert-OH is 1. The average Bonchev–Trinajstić information content (AvgIpc) is 3.36. The normalized spacial score (nSPS) is 17.2. The van der Waals surface area contributed by atoms with Crippen molar-refractivity contribution < 1.29 is 23.4 Å². The van der Waals surface area contributed by atoms with E-state index in [-0.39, 0.29) is 23.5 Å². The molecule has 2 unspecified atom stereocenters. The molecule has 0 bridgehead atoms. The third kappa shape index (κ3) is 4.91. The number of benzene rings is 2. The van der Waals surface area contributed by atoms with Crippen molar-refractivity contribution in [2.75, 3.05) is 43.6 Å². The molecule has 0 saturated carbocycles. The summed E-state index contributed by atoms with van der Waals surface area (Å²) in [6, 6.07) is 9.15. The number of nitrogens with zero attached hydrogens (tertiary/aromatic N) is 2. The van der Waals surface area contributed by atoms with Gasteiger partial charge in [-0.2, -0.15) is 0 Å². The van der Waals surface area contributed by atoms with E-state index in [4.69, 9.17) is 11.2 Å². The molecule has 4 rings (SSSR count). The number of carbonyl (C=O) groups is 1. The molecule has 2 atom stereocenters. The molecular formula is C26H26F2N4O3S. The van der Waals surface area contributed by atoms with Gasteiger partial charge in [-0.1, -0.05) is 18.1 Å². The number of hydrogen-bond acceptors (Lipinski definition) is 7. The van der Waals surface area contributed by atoms with Gasteiger partial charge in [0, 0.05) is 30.7 Å². The minimum atomic E-state index is -0.999. The molecule has 36 heavy (non-hydrogen) atoms. The summed E-state index contributed by atoms with van der Waals surface area (Å²) in [4.78, 5) is 18.9. The molecule has 7 nitrogen and oxygen atoms in total. The second-order valence-corrected chi connectivity index (χ2v) is 9.37. The Morgan fingerprint density at radius 1 is 1.36 bits per heavy atom. The number of aromatic nitrogens is 1. The first kappa shape index (κ1) is 25.6. The molecule has 1 aliphatic heterocycles. The maximum atomic E-state index is 14.9. The minimum absolute atomic E-state index is 0.162.